The first-order valence-corrected chi connectivity index (χ1v) is 3.89. The number of hydrogen-bond acceptors (Lipinski definition) is 0. The maximum absolute atomic E-state index is 2.32. The predicted molar refractivity (Wildman–Crippen MR) is 57.4 cm³/mol. The highest BCUT2D eigenvalue weighted by molar-refractivity contribution is 5.97. The highest BCUT2D eigenvalue weighted by atomic mass is 15.2. The molecule has 0 bridgehead atoms. The summed E-state index contributed by atoms with van der Waals surface area (Å²) in [6.07, 6.45) is 8.89. The van der Waals surface area contributed by atoms with Crippen molar-refractivity contribution in [2.75, 3.05) is 20.6 Å². The van der Waals surface area contributed by atoms with Crippen LogP contribution < -0.4 is 0 Å². The Kier molecular flexibility index (Phi) is 2.68. The van der Waals surface area contributed by atoms with E-state index in [4.69, 9.17) is 0 Å². The SMILES string of the molecule is [BH3-][N+](C)(C)CC1=C[CH+][C](C)C=C1. The molecule has 0 N–H and O–H groups in total. The summed E-state index contributed by atoms with van der Waals surface area (Å²) < 4.78 is 1.24. The van der Waals surface area contributed by atoms with Gasteiger partial charge in [0.1, 0.15) is 24.1 Å². The Hall–Kier alpha value is -0.625. The second-order valence-corrected chi connectivity index (χ2v) is 3.22. The smallest absolute Gasteiger partial charge is 0.170 e. The molecular formula is C10H18BN+. The van der Waals surface area contributed by atoms with E-state index in [0.29, 0.717) is 7.98 Å². The number of nitrogens with zero attached hydrogens (tertiary/aromatic N) is 1. The third kappa shape index (κ3) is 3.18. The number of hydrogen-bond donors (Lipinski definition) is 0. The third-order valence-corrected chi connectivity index (χ3v) is 1.62. The first-order valence-electron chi connectivity index (χ1n) is 3.89. The van der Waals surface area contributed by atoms with Gasteiger partial charge in [0, 0.05) is 20.2 Å². The van der Waals surface area contributed by atoms with Crippen LogP contribution in [0.2, 0.25) is 0 Å². The standard InChI is InChI=1S/C10H18BN/c1-9-4-6-10(7-5-9)8-12(2,3)11/h4-7H,8H2,1-3,11H3/q+1. The molecule has 0 aromatic carbocycles. The molecule has 0 saturated heterocycles. The van der Waals surface area contributed by atoms with Crippen LogP contribution >= 0.6 is 0 Å². The van der Waals surface area contributed by atoms with E-state index in [-0.39, 0.29) is 0 Å². The number of rotatable bonds is 2. The van der Waals surface area contributed by atoms with Crippen molar-refractivity contribution in [1.82, 2.24) is 0 Å². The molecule has 0 fully saturated rings. The molecule has 0 saturated carbocycles. The number of quaternary nitrogens is 1. The van der Waals surface area contributed by atoms with E-state index in [9.17, 15) is 0 Å². The lowest BCUT2D eigenvalue weighted by molar-refractivity contribution is -0.767. The summed E-state index contributed by atoms with van der Waals surface area (Å²) in [6, 6.07) is 0. The molecule has 1 aliphatic carbocycles. The summed E-state index contributed by atoms with van der Waals surface area (Å²) in [4.78, 5) is 0. The highest BCUT2D eigenvalue weighted by Crippen LogP contribution is 2.17. The van der Waals surface area contributed by atoms with E-state index in [2.05, 4.69) is 45.7 Å². The van der Waals surface area contributed by atoms with Crippen LogP contribution in [0, 0.1) is 12.3 Å². The van der Waals surface area contributed by atoms with Crippen LogP contribution in [0.25, 0.3) is 0 Å². The highest BCUT2D eigenvalue weighted by Gasteiger charge is 2.16. The Bertz CT molecular complexity index is 210. The topological polar surface area (TPSA) is 0 Å². The van der Waals surface area contributed by atoms with Crippen molar-refractivity contribution in [1.29, 1.82) is 0 Å². The largest absolute Gasteiger partial charge is 0.507 e. The normalized spacial score (nSPS) is 18.8. The molecule has 0 aromatic rings. The van der Waals surface area contributed by atoms with Gasteiger partial charge >= 0.3 is 0 Å². The molecule has 0 atom stereocenters. The lowest BCUT2D eigenvalue weighted by Crippen LogP contribution is -2.38. The van der Waals surface area contributed by atoms with Gasteiger partial charge in [-0.2, -0.15) is 0 Å². The van der Waals surface area contributed by atoms with Gasteiger partial charge in [0.05, 0.1) is 6.42 Å². The Labute approximate surface area is 76.8 Å². The lowest BCUT2D eigenvalue weighted by Gasteiger charge is -2.31. The summed E-state index contributed by atoms with van der Waals surface area (Å²) >= 11 is 0. The van der Waals surface area contributed by atoms with Gasteiger partial charge in [-0.25, -0.2) is 0 Å². The molecular weight excluding hydrogens is 145 g/mol. The minimum Gasteiger partial charge on any atom is -0.507 e. The Morgan fingerprint density at radius 1 is 1.42 bits per heavy atom. The summed E-state index contributed by atoms with van der Waals surface area (Å²) in [5, 5.41) is 0. The van der Waals surface area contributed by atoms with E-state index in [1.807, 2.05) is 0 Å². The second kappa shape index (κ2) is 3.40. The Morgan fingerprint density at radius 3 is 2.50 bits per heavy atom. The molecule has 0 aliphatic heterocycles. The van der Waals surface area contributed by atoms with E-state index < -0.39 is 0 Å². The van der Waals surface area contributed by atoms with Crippen LogP contribution in [0.5, 0.6) is 0 Å². The van der Waals surface area contributed by atoms with Gasteiger partial charge in [-0.3, -0.25) is 0 Å². The average molecular weight is 163 g/mol. The monoisotopic (exact) mass is 163 g/mol. The maximum atomic E-state index is 2.32. The van der Waals surface area contributed by atoms with Gasteiger partial charge in [-0.15, -0.1) is 0 Å². The van der Waals surface area contributed by atoms with Gasteiger partial charge in [-0.05, 0) is 13.0 Å². The molecule has 1 aliphatic rings. The van der Waals surface area contributed by atoms with Crippen molar-refractivity contribution in [3.8, 4) is 0 Å². The molecule has 1 rings (SSSR count). The molecule has 0 amide bonds. The zero-order chi connectivity index (χ0) is 9.19. The van der Waals surface area contributed by atoms with Crippen molar-refractivity contribution < 1.29 is 4.39 Å². The van der Waals surface area contributed by atoms with Crippen molar-refractivity contribution in [2.24, 2.45) is 0 Å². The first-order chi connectivity index (χ1) is 5.47. The fraction of sp³-hybridized carbons (Fsp3) is 0.400. The molecule has 0 aromatic heterocycles. The van der Waals surface area contributed by atoms with Gasteiger partial charge in [0.25, 0.3) is 0 Å². The summed E-state index contributed by atoms with van der Waals surface area (Å²) in [5.74, 6) is 1.35. The lowest BCUT2D eigenvalue weighted by atomic mass is 9.97. The van der Waals surface area contributed by atoms with E-state index in [1.54, 1.807) is 0 Å². The van der Waals surface area contributed by atoms with Gasteiger partial charge in [0.2, 0.25) is 0 Å². The van der Waals surface area contributed by atoms with Crippen LogP contribution in [0.15, 0.2) is 23.8 Å². The molecule has 65 valence electrons. The van der Waals surface area contributed by atoms with Crippen LogP contribution in [-0.4, -0.2) is 33.0 Å². The van der Waals surface area contributed by atoms with Crippen molar-refractivity contribution >= 4 is 7.98 Å². The molecule has 0 heterocycles. The minimum absolute atomic E-state index is 0.391. The number of likely N-dealkylation sites (N-methyl/N-ethyl adjacent to an activating group) is 1. The van der Waals surface area contributed by atoms with Crippen molar-refractivity contribution in [3.05, 3.63) is 36.1 Å². The van der Waals surface area contributed by atoms with E-state index in [1.165, 1.54) is 22.4 Å². The number of allylic oxidation sites excluding steroid dienone is 2. The fourth-order valence-electron chi connectivity index (χ4n) is 1.06. The Balaban J connectivity index is 2.51. The van der Waals surface area contributed by atoms with Crippen LogP contribution in [0.4, 0.5) is 0 Å². The first kappa shape index (κ1) is 9.46. The predicted octanol–water partition coefficient (Wildman–Crippen LogP) is 0.638. The Morgan fingerprint density at radius 2 is 2.08 bits per heavy atom. The van der Waals surface area contributed by atoms with Gasteiger partial charge in [0.15, 0.2) is 7.98 Å². The quantitative estimate of drug-likeness (QED) is 0.414. The molecule has 0 spiro atoms. The second-order valence-electron chi connectivity index (χ2n) is 3.22. The third-order valence-electron chi connectivity index (χ3n) is 1.62. The molecule has 0 unspecified atom stereocenters. The molecule has 12 heavy (non-hydrogen) atoms. The summed E-state index contributed by atoms with van der Waals surface area (Å²) in [7, 11) is 5.03. The zero-order valence-electron chi connectivity index (χ0n) is 7.46. The summed E-state index contributed by atoms with van der Waals surface area (Å²) in [6.45, 7) is 3.34. The van der Waals surface area contributed by atoms with Crippen LogP contribution in [-0.2, 0) is 0 Å². The van der Waals surface area contributed by atoms with Gasteiger partial charge in [-0.1, -0.05) is 0 Å². The average Bonchev–Trinajstić information content (AvgIpc) is 1.91. The maximum Gasteiger partial charge on any atom is 0.170 e. The minimum atomic E-state index is 0.391. The zero-order valence-corrected chi connectivity index (χ0v) is 7.46. The van der Waals surface area contributed by atoms with Crippen molar-refractivity contribution in [3.63, 3.8) is 0 Å². The molecule has 2 heteroatoms. The van der Waals surface area contributed by atoms with Crippen LogP contribution in [0.3, 0.4) is 0 Å². The van der Waals surface area contributed by atoms with Crippen molar-refractivity contribution in [2.45, 2.75) is 6.92 Å². The fourth-order valence-corrected chi connectivity index (χ4v) is 1.06. The molecule has 1 radical (unpaired) electrons. The van der Waals surface area contributed by atoms with E-state index in [0.717, 1.165) is 0 Å². The van der Waals surface area contributed by atoms with Crippen LogP contribution in [0.1, 0.15) is 6.92 Å². The van der Waals surface area contributed by atoms with E-state index >= 15 is 0 Å². The molecule has 1 nitrogen and oxygen atoms in total. The van der Waals surface area contributed by atoms with Gasteiger partial charge < -0.3 is 4.39 Å². The summed E-state index contributed by atoms with van der Waals surface area (Å²) in [5.41, 5.74) is 1.47.